The Balaban J connectivity index is 1.32. The van der Waals surface area contributed by atoms with Gasteiger partial charge in [-0.2, -0.15) is 0 Å². The van der Waals surface area contributed by atoms with Gasteiger partial charge in [0.25, 0.3) is 0 Å². The first kappa shape index (κ1) is 16.0. The molecule has 0 saturated carbocycles. The zero-order chi connectivity index (χ0) is 17.2. The highest BCUT2D eigenvalue weighted by Gasteiger charge is 2.25. The number of nitrogens with zero attached hydrogens (tertiary/aromatic N) is 1. The number of hydrogen-bond acceptors (Lipinski definition) is 4. The fourth-order valence-electron chi connectivity index (χ4n) is 3.62. The van der Waals surface area contributed by atoms with E-state index in [-0.39, 0.29) is 12.7 Å². The molecule has 1 amide bonds. The largest absolute Gasteiger partial charge is 0.454 e. The highest BCUT2D eigenvalue weighted by molar-refractivity contribution is 5.91. The smallest absolute Gasteiger partial charge is 0.231 e. The van der Waals surface area contributed by atoms with E-state index in [0.29, 0.717) is 18.2 Å². The zero-order valence-electron chi connectivity index (χ0n) is 14.3. The third-order valence-electron chi connectivity index (χ3n) is 4.98. The van der Waals surface area contributed by atoms with Gasteiger partial charge in [0.1, 0.15) is 0 Å². The van der Waals surface area contributed by atoms with Crippen LogP contribution < -0.4 is 14.8 Å². The van der Waals surface area contributed by atoms with Crippen molar-refractivity contribution in [2.75, 3.05) is 25.7 Å². The second kappa shape index (κ2) is 6.76. The molecule has 2 aromatic carbocycles. The quantitative estimate of drug-likeness (QED) is 0.908. The van der Waals surface area contributed by atoms with E-state index in [1.54, 1.807) is 6.07 Å². The number of ether oxygens (including phenoxy) is 2. The van der Waals surface area contributed by atoms with Gasteiger partial charge in [-0.15, -0.1) is 0 Å². The van der Waals surface area contributed by atoms with Crippen molar-refractivity contribution in [3.63, 3.8) is 0 Å². The van der Waals surface area contributed by atoms with E-state index >= 15 is 0 Å². The van der Waals surface area contributed by atoms with Crippen molar-refractivity contribution < 1.29 is 14.3 Å². The zero-order valence-corrected chi connectivity index (χ0v) is 14.3. The number of rotatable bonds is 5. The number of amides is 1. The second-order valence-electron chi connectivity index (χ2n) is 6.60. The summed E-state index contributed by atoms with van der Waals surface area (Å²) in [6, 6.07) is 14.5. The molecule has 0 saturated heterocycles. The normalized spacial score (nSPS) is 17.6. The van der Waals surface area contributed by atoms with Crippen LogP contribution in [0.4, 0.5) is 5.69 Å². The molecule has 130 valence electrons. The van der Waals surface area contributed by atoms with Gasteiger partial charge in [-0.25, -0.2) is 0 Å². The Hall–Kier alpha value is -2.53. The summed E-state index contributed by atoms with van der Waals surface area (Å²) in [5.74, 6) is 1.41. The second-order valence-corrected chi connectivity index (χ2v) is 6.60. The molecule has 1 N–H and O–H groups in total. The predicted octanol–water partition coefficient (Wildman–Crippen LogP) is 3.36. The van der Waals surface area contributed by atoms with Crippen molar-refractivity contribution in [2.45, 2.75) is 25.3 Å². The molecule has 0 bridgehead atoms. The maximum atomic E-state index is 12.3. The first-order valence-electron chi connectivity index (χ1n) is 8.68. The SMILES string of the molecule is CN(CCC(=O)Nc1ccc2c(c1)OCO2)[C@H]1CCc2ccccc21. The number of nitrogens with one attached hydrogen (secondary N) is 1. The summed E-state index contributed by atoms with van der Waals surface area (Å²) in [6.07, 6.45) is 2.71. The fraction of sp³-hybridized carbons (Fsp3) is 0.350. The Morgan fingerprint density at radius 2 is 2.04 bits per heavy atom. The van der Waals surface area contributed by atoms with Crippen molar-refractivity contribution in [2.24, 2.45) is 0 Å². The minimum Gasteiger partial charge on any atom is -0.454 e. The monoisotopic (exact) mass is 338 g/mol. The van der Waals surface area contributed by atoms with Crippen LogP contribution in [0.2, 0.25) is 0 Å². The van der Waals surface area contributed by atoms with Gasteiger partial charge < -0.3 is 14.8 Å². The molecule has 1 heterocycles. The van der Waals surface area contributed by atoms with Crippen molar-refractivity contribution in [1.82, 2.24) is 4.90 Å². The molecule has 1 aliphatic heterocycles. The summed E-state index contributed by atoms with van der Waals surface area (Å²) in [5, 5.41) is 2.94. The molecule has 0 radical (unpaired) electrons. The summed E-state index contributed by atoms with van der Waals surface area (Å²) in [6.45, 7) is 0.968. The number of carbonyl (C=O) groups excluding carboxylic acids is 1. The summed E-state index contributed by atoms with van der Waals surface area (Å²) in [5.41, 5.74) is 3.58. The predicted molar refractivity (Wildman–Crippen MR) is 95.9 cm³/mol. The lowest BCUT2D eigenvalue weighted by Crippen LogP contribution is -2.27. The Bertz CT molecular complexity index is 790. The van der Waals surface area contributed by atoms with E-state index in [4.69, 9.17) is 9.47 Å². The molecule has 0 aromatic heterocycles. The fourth-order valence-corrected chi connectivity index (χ4v) is 3.62. The summed E-state index contributed by atoms with van der Waals surface area (Å²) in [7, 11) is 2.10. The van der Waals surface area contributed by atoms with Crippen LogP contribution in [0.5, 0.6) is 11.5 Å². The minimum atomic E-state index is 0.0111. The molecular formula is C20H22N2O3. The van der Waals surface area contributed by atoms with Crippen molar-refractivity contribution in [1.29, 1.82) is 0 Å². The van der Waals surface area contributed by atoms with Gasteiger partial charge in [0.05, 0.1) is 0 Å². The topological polar surface area (TPSA) is 50.8 Å². The highest BCUT2D eigenvalue weighted by Crippen LogP contribution is 2.35. The van der Waals surface area contributed by atoms with E-state index in [2.05, 4.69) is 41.5 Å². The average Bonchev–Trinajstić information content (AvgIpc) is 3.26. The Morgan fingerprint density at radius 3 is 2.96 bits per heavy atom. The molecule has 2 aromatic rings. The third kappa shape index (κ3) is 3.33. The molecule has 0 spiro atoms. The molecular weight excluding hydrogens is 316 g/mol. The highest BCUT2D eigenvalue weighted by atomic mass is 16.7. The number of benzene rings is 2. The molecule has 5 heteroatoms. The van der Waals surface area contributed by atoms with Crippen LogP contribution in [0.15, 0.2) is 42.5 Å². The maximum absolute atomic E-state index is 12.3. The third-order valence-corrected chi connectivity index (χ3v) is 4.98. The van der Waals surface area contributed by atoms with Crippen LogP contribution in [0, 0.1) is 0 Å². The van der Waals surface area contributed by atoms with E-state index in [0.717, 1.165) is 30.8 Å². The van der Waals surface area contributed by atoms with E-state index in [1.807, 2.05) is 12.1 Å². The van der Waals surface area contributed by atoms with Gasteiger partial charge in [0, 0.05) is 30.8 Å². The summed E-state index contributed by atoms with van der Waals surface area (Å²) < 4.78 is 10.6. The molecule has 0 fully saturated rings. The van der Waals surface area contributed by atoms with E-state index in [1.165, 1.54) is 11.1 Å². The number of fused-ring (bicyclic) bond motifs is 2. The lowest BCUT2D eigenvalue weighted by Gasteiger charge is -2.25. The van der Waals surface area contributed by atoms with Crippen LogP contribution >= 0.6 is 0 Å². The van der Waals surface area contributed by atoms with Gasteiger partial charge in [-0.1, -0.05) is 24.3 Å². The number of hydrogen-bond donors (Lipinski definition) is 1. The number of carbonyl (C=O) groups is 1. The van der Waals surface area contributed by atoms with E-state index in [9.17, 15) is 4.79 Å². The van der Waals surface area contributed by atoms with E-state index < -0.39 is 0 Å². The van der Waals surface area contributed by atoms with Crippen molar-refractivity contribution in [3.05, 3.63) is 53.6 Å². The number of anilines is 1. The van der Waals surface area contributed by atoms with Crippen LogP contribution in [-0.2, 0) is 11.2 Å². The molecule has 0 unspecified atom stereocenters. The molecule has 25 heavy (non-hydrogen) atoms. The van der Waals surface area contributed by atoms with Crippen molar-refractivity contribution >= 4 is 11.6 Å². The van der Waals surface area contributed by atoms with Gasteiger partial charge in [-0.3, -0.25) is 9.69 Å². The summed E-state index contributed by atoms with van der Waals surface area (Å²) >= 11 is 0. The Kier molecular flexibility index (Phi) is 4.32. The van der Waals surface area contributed by atoms with Crippen molar-refractivity contribution in [3.8, 4) is 11.5 Å². The van der Waals surface area contributed by atoms with Crippen LogP contribution in [0.3, 0.4) is 0 Å². The molecule has 1 aliphatic carbocycles. The van der Waals surface area contributed by atoms with Crippen LogP contribution in [0.25, 0.3) is 0 Å². The van der Waals surface area contributed by atoms with Gasteiger partial charge in [0.15, 0.2) is 11.5 Å². The Morgan fingerprint density at radius 1 is 1.20 bits per heavy atom. The first-order valence-corrected chi connectivity index (χ1v) is 8.68. The first-order chi connectivity index (χ1) is 12.2. The van der Waals surface area contributed by atoms with Crippen LogP contribution in [0.1, 0.15) is 30.0 Å². The lowest BCUT2D eigenvalue weighted by molar-refractivity contribution is -0.116. The maximum Gasteiger partial charge on any atom is 0.231 e. The summed E-state index contributed by atoms with van der Waals surface area (Å²) in [4.78, 5) is 14.6. The molecule has 5 nitrogen and oxygen atoms in total. The molecule has 2 aliphatic rings. The minimum absolute atomic E-state index is 0.0111. The lowest BCUT2D eigenvalue weighted by atomic mass is 10.1. The van der Waals surface area contributed by atoms with Gasteiger partial charge in [0.2, 0.25) is 12.7 Å². The molecule has 4 rings (SSSR count). The van der Waals surface area contributed by atoms with Gasteiger partial charge in [-0.05, 0) is 43.1 Å². The Labute approximate surface area is 147 Å². The number of aryl methyl sites for hydroxylation is 1. The van der Waals surface area contributed by atoms with Gasteiger partial charge >= 0.3 is 0 Å². The standard InChI is InChI=1S/C20H22N2O3/c1-22(17-8-6-14-4-2-3-5-16(14)17)11-10-20(23)21-15-7-9-18-19(12-15)25-13-24-18/h2-5,7,9,12,17H,6,8,10-11,13H2,1H3,(H,21,23)/t17-/m0/s1. The molecule has 1 atom stereocenters. The van der Waals surface area contributed by atoms with Crippen LogP contribution in [-0.4, -0.2) is 31.2 Å². The average molecular weight is 338 g/mol.